The Morgan fingerprint density at radius 3 is 3.12 bits per heavy atom. The molecular formula is C14H22N2O. The van der Waals surface area contributed by atoms with E-state index in [0.29, 0.717) is 6.54 Å². The molecule has 2 rings (SSSR count). The zero-order valence-electron chi connectivity index (χ0n) is 10.5. The lowest BCUT2D eigenvalue weighted by Gasteiger charge is -2.38. The van der Waals surface area contributed by atoms with Crippen LogP contribution >= 0.6 is 0 Å². The van der Waals surface area contributed by atoms with Crippen LogP contribution in [0.2, 0.25) is 0 Å². The Morgan fingerprint density at radius 1 is 1.59 bits per heavy atom. The molecule has 0 saturated heterocycles. The van der Waals surface area contributed by atoms with Gasteiger partial charge in [-0.2, -0.15) is 0 Å². The molecule has 0 aromatic carbocycles. The minimum atomic E-state index is -0.779. The topological polar surface area (TPSA) is 59.1 Å². The Hall–Kier alpha value is -0.930. The molecule has 94 valence electrons. The molecule has 1 aliphatic rings. The molecule has 1 aromatic heterocycles. The number of aromatic nitrogens is 1. The number of hydrogen-bond acceptors (Lipinski definition) is 3. The van der Waals surface area contributed by atoms with Crippen LogP contribution in [0.5, 0.6) is 0 Å². The second-order valence-electron chi connectivity index (χ2n) is 5.05. The summed E-state index contributed by atoms with van der Waals surface area (Å²) in [6, 6.07) is 4.10. The fourth-order valence-corrected chi connectivity index (χ4v) is 2.98. The Balaban J connectivity index is 2.34. The zero-order chi connectivity index (χ0) is 12.3. The van der Waals surface area contributed by atoms with Crippen LogP contribution in [0.1, 0.15) is 49.8 Å². The quantitative estimate of drug-likeness (QED) is 0.837. The van der Waals surface area contributed by atoms with Gasteiger partial charge in [0.15, 0.2) is 0 Å². The van der Waals surface area contributed by atoms with Gasteiger partial charge in [-0.3, -0.25) is 4.98 Å². The van der Waals surface area contributed by atoms with Crippen molar-refractivity contribution in [1.29, 1.82) is 0 Å². The average molecular weight is 234 g/mol. The van der Waals surface area contributed by atoms with Gasteiger partial charge in [0.1, 0.15) is 0 Å². The highest BCUT2D eigenvalue weighted by atomic mass is 16.3. The van der Waals surface area contributed by atoms with E-state index in [1.54, 1.807) is 0 Å². The minimum absolute atomic E-state index is 0.109. The first-order chi connectivity index (χ1) is 8.21. The Morgan fingerprint density at radius 2 is 2.41 bits per heavy atom. The molecule has 2 unspecified atom stereocenters. The molecule has 0 amide bonds. The fourth-order valence-electron chi connectivity index (χ4n) is 2.98. The van der Waals surface area contributed by atoms with Crippen LogP contribution in [0, 0.1) is 0 Å². The number of hydrogen-bond donors (Lipinski definition) is 2. The van der Waals surface area contributed by atoms with Crippen molar-refractivity contribution in [2.75, 3.05) is 6.54 Å². The van der Waals surface area contributed by atoms with Gasteiger partial charge in [0.2, 0.25) is 0 Å². The molecule has 0 bridgehead atoms. The van der Waals surface area contributed by atoms with Gasteiger partial charge >= 0.3 is 0 Å². The molecule has 1 heterocycles. The van der Waals surface area contributed by atoms with E-state index in [4.69, 9.17) is 5.73 Å². The second kappa shape index (κ2) is 5.15. The molecule has 3 heteroatoms. The first-order valence-electron chi connectivity index (χ1n) is 6.57. The maximum absolute atomic E-state index is 10.7. The Labute approximate surface area is 103 Å². The number of nitrogens with two attached hydrogens (primary N) is 1. The van der Waals surface area contributed by atoms with Crippen LogP contribution in [-0.2, 0) is 6.42 Å². The smallest absolute Gasteiger partial charge is 0.0852 e. The van der Waals surface area contributed by atoms with Gasteiger partial charge in [-0.05, 0) is 37.3 Å². The van der Waals surface area contributed by atoms with Crippen molar-refractivity contribution >= 4 is 0 Å². The molecular weight excluding hydrogens is 212 g/mol. The molecule has 0 aliphatic heterocycles. The summed E-state index contributed by atoms with van der Waals surface area (Å²) in [4.78, 5) is 4.48. The van der Waals surface area contributed by atoms with Gasteiger partial charge in [-0.25, -0.2) is 0 Å². The maximum Gasteiger partial charge on any atom is 0.0852 e. The SMILES string of the molecule is CCCC(O)(CN)C1CCCc2cccnc21. The molecule has 3 N–H and O–H groups in total. The zero-order valence-corrected chi connectivity index (χ0v) is 10.5. The van der Waals surface area contributed by atoms with E-state index >= 15 is 0 Å². The first-order valence-corrected chi connectivity index (χ1v) is 6.57. The fraction of sp³-hybridized carbons (Fsp3) is 0.643. The van der Waals surface area contributed by atoms with E-state index in [2.05, 4.69) is 18.0 Å². The van der Waals surface area contributed by atoms with Crippen LogP contribution in [0.25, 0.3) is 0 Å². The Bertz CT molecular complexity index is 380. The Kier molecular flexibility index (Phi) is 3.79. The third kappa shape index (κ3) is 2.35. The average Bonchev–Trinajstić information content (AvgIpc) is 2.38. The van der Waals surface area contributed by atoms with E-state index in [-0.39, 0.29) is 5.92 Å². The van der Waals surface area contributed by atoms with Gasteiger partial charge in [-0.15, -0.1) is 0 Å². The number of nitrogens with zero attached hydrogens (tertiary/aromatic N) is 1. The molecule has 1 aliphatic carbocycles. The van der Waals surface area contributed by atoms with Crippen LogP contribution in [0.4, 0.5) is 0 Å². The summed E-state index contributed by atoms with van der Waals surface area (Å²) in [5.41, 5.74) is 7.38. The summed E-state index contributed by atoms with van der Waals surface area (Å²) < 4.78 is 0. The highest BCUT2D eigenvalue weighted by Gasteiger charge is 2.38. The van der Waals surface area contributed by atoms with Crippen molar-refractivity contribution in [1.82, 2.24) is 4.98 Å². The summed E-state index contributed by atoms with van der Waals surface area (Å²) in [6.07, 6.45) is 6.72. The first kappa shape index (κ1) is 12.5. The predicted octanol–water partition coefficient (Wildman–Crippen LogP) is 1.99. The van der Waals surface area contributed by atoms with Crippen LogP contribution in [-0.4, -0.2) is 22.2 Å². The third-order valence-corrected chi connectivity index (χ3v) is 3.88. The lowest BCUT2D eigenvalue weighted by atomic mass is 9.74. The molecule has 17 heavy (non-hydrogen) atoms. The van der Waals surface area contributed by atoms with Crippen molar-refractivity contribution < 1.29 is 5.11 Å². The molecule has 1 aromatic rings. The molecule has 3 nitrogen and oxygen atoms in total. The molecule has 0 radical (unpaired) electrons. The predicted molar refractivity (Wildman–Crippen MR) is 68.8 cm³/mol. The third-order valence-electron chi connectivity index (χ3n) is 3.88. The van der Waals surface area contributed by atoms with Gasteiger partial charge < -0.3 is 10.8 Å². The van der Waals surface area contributed by atoms with Crippen molar-refractivity contribution in [2.24, 2.45) is 5.73 Å². The summed E-state index contributed by atoms with van der Waals surface area (Å²) in [5, 5.41) is 10.7. The van der Waals surface area contributed by atoms with Crippen molar-refractivity contribution in [2.45, 2.75) is 50.5 Å². The van der Waals surface area contributed by atoms with E-state index in [9.17, 15) is 5.11 Å². The van der Waals surface area contributed by atoms with Gasteiger partial charge in [0.25, 0.3) is 0 Å². The van der Waals surface area contributed by atoms with Gasteiger partial charge in [0.05, 0.1) is 5.60 Å². The summed E-state index contributed by atoms with van der Waals surface area (Å²) in [7, 11) is 0. The van der Waals surface area contributed by atoms with Gasteiger partial charge in [-0.1, -0.05) is 19.4 Å². The normalized spacial score (nSPS) is 22.9. The standard InChI is InChI=1S/C14H22N2O/c1-2-8-14(17,10-15)12-7-3-5-11-6-4-9-16-13(11)12/h4,6,9,12,17H,2-3,5,7-8,10,15H2,1H3. The number of rotatable bonds is 4. The van der Waals surface area contributed by atoms with Crippen molar-refractivity contribution in [3.8, 4) is 0 Å². The highest BCUT2D eigenvalue weighted by Crippen LogP contribution is 2.39. The van der Waals surface area contributed by atoms with E-state index in [1.165, 1.54) is 5.56 Å². The van der Waals surface area contributed by atoms with Crippen molar-refractivity contribution in [3.05, 3.63) is 29.6 Å². The second-order valence-corrected chi connectivity index (χ2v) is 5.05. The van der Waals surface area contributed by atoms with Crippen LogP contribution in [0.3, 0.4) is 0 Å². The summed E-state index contributed by atoms with van der Waals surface area (Å²) in [6.45, 7) is 2.41. The number of pyridine rings is 1. The molecule has 0 saturated carbocycles. The van der Waals surface area contributed by atoms with E-state index in [1.807, 2.05) is 12.3 Å². The summed E-state index contributed by atoms with van der Waals surface area (Å²) in [5.74, 6) is 0.109. The molecule has 2 atom stereocenters. The lowest BCUT2D eigenvalue weighted by Crippen LogP contribution is -2.45. The largest absolute Gasteiger partial charge is 0.388 e. The summed E-state index contributed by atoms with van der Waals surface area (Å²) >= 11 is 0. The highest BCUT2D eigenvalue weighted by molar-refractivity contribution is 5.28. The minimum Gasteiger partial charge on any atom is -0.388 e. The van der Waals surface area contributed by atoms with Gasteiger partial charge in [0, 0.05) is 24.4 Å². The molecule has 0 fully saturated rings. The number of fused-ring (bicyclic) bond motifs is 1. The number of aliphatic hydroxyl groups is 1. The van der Waals surface area contributed by atoms with Crippen molar-refractivity contribution in [3.63, 3.8) is 0 Å². The monoisotopic (exact) mass is 234 g/mol. The van der Waals surface area contributed by atoms with Crippen LogP contribution < -0.4 is 5.73 Å². The van der Waals surface area contributed by atoms with Crippen LogP contribution in [0.15, 0.2) is 18.3 Å². The number of aryl methyl sites for hydroxylation is 1. The molecule has 0 spiro atoms. The lowest BCUT2D eigenvalue weighted by molar-refractivity contribution is 0.00452. The van der Waals surface area contributed by atoms with E-state index < -0.39 is 5.60 Å². The maximum atomic E-state index is 10.7. The van der Waals surface area contributed by atoms with E-state index in [0.717, 1.165) is 37.8 Å².